The second-order valence-electron chi connectivity index (χ2n) is 5.82. The number of rotatable bonds is 5. The number of carbonyl (C=O) groups excluding carboxylic acids is 3. The molecular weight excluding hydrogens is 334 g/mol. The Labute approximate surface area is 151 Å². The first-order valence-electron chi connectivity index (χ1n) is 8.31. The number of benzene rings is 2. The van der Waals surface area contributed by atoms with Crippen molar-refractivity contribution >= 4 is 23.3 Å². The van der Waals surface area contributed by atoms with E-state index in [-0.39, 0.29) is 6.61 Å². The van der Waals surface area contributed by atoms with Gasteiger partial charge in [0.05, 0.1) is 19.8 Å². The molecule has 0 N–H and O–H groups in total. The first kappa shape index (κ1) is 17.7. The molecule has 6 nitrogen and oxygen atoms in total. The minimum absolute atomic E-state index is 0.140. The summed E-state index contributed by atoms with van der Waals surface area (Å²) in [5, 5.41) is 0. The van der Waals surface area contributed by atoms with E-state index in [1.807, 2.05) is 6.07 Å². The Kier molecular flexibility index (Phi) is 5.02. The van der Waals surface area contributed by atoms with E-state index < -0.39 is 29.6 Å². The average molecular weight is 353 g/mol. The maximum absolute atomic E-state index is 12.7. The summed E-state index contributed by atoms with van der Waals surface area (Å²) < 4.78 is 10.2. The summed E-state index contributed by atoms with van der Waals surface area (Å²) in [5.41, 5.74) is 1.21. The van der Waals surface area contributed by atoms with Crippen molar-refractivity contribution in [1.82, 2.24) is 0 Å². The smallest absolute Gasteiger partial charge is 0.319 e. The minimum atomic E-state index is -1.19. The normalized spacial score (nSPS) is 19.5. The van der Waals surface area contributed by atoms with E-state index in [1.54, 1.807) is 62.6 Å². The minimum Gasteiger partial charge on any atom is -0.497 e. The number of methoxy groups -OCH3 is 1. The van der Waals surface area contributed by atoms with Gasteiger partial charge in [0.25, 0.3) is 5.91 Å². The lowest BCUT2D eigenvalue weighted by molar-refractivity contribution is -0.152. The zero-order chi connectivity index (χ0) is 18.7. The van der Waals surface area contributed by atoms with Gasteiger partial charge in [-0.3, -0.25) is 19.3 Å². The summed E-state index contributed by atoms with van der Waals surface area (Å²) in [6.07, 6.45) is 0. The van der Waals surface area contributed by atoms with Crippen LogP contribution in [0.25, 0.3) is 0 Å². The maximum atomic E-state index is 12.7. The Balaban J connectivity index is 2.09. The van der Waals surface area contributed by atoms with Crippen molar-refractivity contribution in [1.29, 1.82) is 0 Å². The zero-order valence-electron chi connectivity index (χ0n) is 14.5. The Morgan fingerprint density at radius 1 is 1.04 bits per heavy atom. The van der Waals surface area contributed by atoms with Crippen molar-refractivity contribution in [3.8, 4) is 5.75 Å². The Morgan fingerprint density at radius 2 is 1.69 bits per heavy atom. The molecule has 2 atom stereocenters. The number of esters is 1. The lowest BCUT2D eigenvalue weighted by Gasteiger charge is -2.27. The SMILES string of the molecule is CCOC(=O)[C@H]1C(=O)C(=O)N(c2ccc(OC)cc2)[C@@H]1c1ccccc1. The van der Waals surface area contributed by atoms with E-state index in [1.165, 1.54) is 4.90 Å². The molecule has 3 rings (SSSR count). The molecule has 0 spiro atoms. The van der Waals surface area contributed by atoms with Crippen LogP contribution in [-0.2, 0) is 19.1 Å². The molecule has 0 bridgehead atoms. The quantitative estimate of drug-likeness (QED) is 0.469. The van der Waals surface area contributed by atoms with Crippen molar-refractivity contribution in [2.75, 3.05) is 18.6 Å². The molecule has 1 heterocycles. The molecule has 1 amide bonds. The number of ketones is 1. The van der Waals surface area contributed by atoms with Gasteiger partial charge in [-0.2, -0.15) is 0 Å². The molecule has 1 aliphatic rings. The number of ether oxygens (including phenoxy) is 2. The van der Waals surface area contributed by atoms with Crippen LogP contribution in [0.15, 0.2) is 54.6 Å². The van der Waals surface area contributed by atoms with Crippen LogP contribution in [0.5, 0.6) is 5.75 Å². The van der Waals surface area contributed by atoms with Crippen LogP contribution in [0, 0.1) is 5.92 Å². The Morgan fingerprint density at radius 3 is 2.27 bits per heavy atom. The largest absolute Gasteiger partial charge is 0.497 e. The monoisotopic (exact) mass is 353 g/mol. The van der Waals surface area contributed by atoms with E-state index in [9.17, 15) is 14.4 Å². The summed E-state index contributed by atoms with van der Waals surface area (Å²) in [6, 6.07) is 15.1. The highest BCUT2D eigenvalue weighted by Crippen LogP contribution is 2.40. The summed E-state index contributed by atoms with van der Waals surface area (Å²) in [6.45, 7) is 1.80. The van der Waals surface area contributed by atoms with Crippen molar-refractivity contribution in [2.45, 2.75) is 13.0 Å². The van der Waals surface area contributed by atoms with Gasteiger partial charge in [-0.05, 0) is 36.8 Å². The molecule has 0 aromatic heterocycles. The van der Waals surface area contributed by atoms with E-state index in [4.69, 9.17) is 9.47 Å². The number of hydrogen-bond acceptors (Lipinski definition) is 5. The van der Waals surface area contributed by atoms with Crippen LogP contribution in [0.2, 0.25) is 0 Å². The van der Waals surface area contributed by atoms with Crippen LogP contribution in [0.1, 0.15) is 18.5 Å². The third-order valence-corrected chi connectivity index (χ3v) is 4.34. The van der Waals surface area contributed by atoms with Gasteiger partial charge >= 0.3 is 5.97 Å². The number of nitrogens with zero attached hydrogens (tertiary/aromatic N) is 1. The molecule has 2 aromatic rings. The van der Waals surface area contributed by atoms with Crippen LogP contribution >= 0.6 is 0 Å². The maximum Gasteiger partial charge on any atom is 0.319 e. The lowest BCUT2D eigenvalue weighted by Crippen LogP contribution is -2.31. The van der Waals surface area contributed by atoms with Crippen LogP contribution in [0.3, 0.4) is 0 Å². The van der Waals surface area contributed by atoms with E-state index >= 15 is 0 Å². The van der Waals surface area contributed by atoms with Crippen molar-refractivity contribution in [2.24, 2.45) is 5.92 Å². The van der Waals surface area contributed by atoms with Gasteiger partial charge < -0.3 is 9.47 Å². The van der Waals surface area contributed by atoms with Gasteiger partial charge in [0, 0.05) is 5.69 Å². The van der Waals surface area contributed by atoms with Crippen LogP contribution in [0.4, 0.5) is 5.69 Å². The highest BCUT2D eigenvalue weighted by Gasteiger charge is 2.53. The number of hydrogen-bond donors (Lipinski definition) is 0. The van der Waals surface area contributed by atoms with E-state index in [2.05, 4.69) is 0 Å². The molecule has 2 aromatic carbocycles. The molecule has 0 saturated carbocycles. The van der Waals surface area contributed by atoms with Crippen molar-refractivity contribution < 1.29 is 23.9 Å². The molecule has 134 valence electrons. The van der Waals surface area contributed by atoms with Gasteiger partial charge in [-0.25, -0.2) is 0 Å². The predicted octanol–water partition coefficient (Wildman–Crippen LogP) is 2.53. The lowest BCUT2D eigenvalue weighted by atomic mass is 9.93. The topological polar surface area (TPSA) is 72.9 Å². The molecule has 1 fully saturated rings. The number of amides is 1. The highest BCUT2D eigenvalue weighted by atomic mass is 16.5. The second kappa shape index (κ2) is 7.39. The summed E-state index contributed by atoms with van der Waals surface area (Å²) in [7, 11) is 1.54. The van der Waals surface area contributed by atoms with Crippen LogP contribution in [-0.4, -0.2) is 31.4 Å². The fourth-order valence-electron chi connectivity index (χ4n) is 3.15. The molecule has 0 unspecified atom stereocenters. The zero-order valence-corrected chi connectivity index (χ0v) is 14.5. The average Bonchev–Trinajstić information content (AvgIpc) is 2.94. The molecule has 0 radical (unpaired) electrons. The third kappa shape index (κ3) is 3.06. The summed E-state index contributed by atoms with van der Waals surface area (Å²) >= 11 is 0. The van der Waals surface area contributed by atoms with Gasteiger partial charge in [-0.15, -0.1) is 0 Å². The Hall–Kier alpha value is -3.15. The first-order valence-corrected chi connectivity index (χ1v) is 8.31. The van der Waals surface area contributed by atoms with E-state index in [0.717, 1.165) is 0 Å². The second-order valence-corrected chi connectivity index (χ2v) is 5.82. The number of carbonyl (C=O) groups is 3. The number of anilines is 1. The molecule has 26 heavy (non-hydrogen) atoms. The van der Waals surface area contributed by atoms with Gasteiger partial charge in [0.1, 0.15) is 11.7 Å². The summed E-state index contributed by atoms with van der Waals surface area (Å²) in [5.74, 6) is -2.72. The van der Waals surface area contributed by atoms with E-state index in [0.29, 0.717) is 17.0 Å². The molecule has 6 heteroatoms. The third-order valence-electron chi connectivity index (χ3n) is 4.34. The highest BCUT2D eigenvalue weighted by molar-refractivity contribution is 6.47. The first-order chi connectivity index (χ1) is 12.6. The molecule has 1 aliphatic heterocycles. The standard InChI is InChI=1S/C20H19NO5/c1-3-26-20(24)16-17(13-7-5-4-6-8-13)21(19(23)18(16)22)14-9-11-15(25-2)12-10-14/h4-12,16-17H,3H2,1-2H3/t16-,17-/m1/s1. The van der Waals surface area contributed by atoms with Gasteiger partial charge in [-0.1, -0.05) is 30.3 Å². The van der Waals surface area contributed by atoms with Crippen LogP contribution < -0.4 is 9.64 Å². The van der Waals surface area contributed by atoms with Crippen molar-refractivity contribution in [3.05, 3.63) is 60.2 Å². The fourth-order valence-corrected chi connectivity index (χ4v) is 3.15. The fraction of sp³-hybridized carbons (Fsp3) is 0.250. The summed E-state index contributed by atoms with van der Waals surface area (Å²) in [4.78, 5) is 39.1. The van der Waals surface area contributed by atoms with Crippen molar-refractivity contribution in [3.63, 3.8) is 0 Å². The van der Waals surface area contributed by atoms with Gasteiger partial charge in [0.15, 0.2) is 0 Å². The molecule has 0 aliphatic carbocycles. The molecule has 1 saturated heterocycles. The van der Waals surface area contributed by atoms with Gasteiger partial charge in [0.2, 0.25) is 5.78 Å². The predicted molar refractivity (Wildman–Crippen MR) is 94.8 cm³/mol. The Bertz CT molecular complexity index is 816. The molecular formula is C20H19NO5. The number of Topliss-reactive ketones (excluding diaryl/α,β-unsaturated/α-hetero) is 1.